The zero-order valence-electron chi connectivity index (χ0n) is 8.51. The van der Waals surface area contributed by atoms with Gasteiger partial charge >= 0.3 is 5.69 Å². The first-order valence-corrected chi connectivity index (χ1v) is 4.58. The van der Waals surface area contributed by atoms with E-state index in [1.807, 2.05) is 0 Å². The minimum absolute atomic E-state index is 0.278. The van der Waals surface area contributed by atoms with Gasteiger partial charge in [0.15, 0.2) is 0 Å². The van der Waals surface area contributed by atoms with E-state index in [0.717, 1.165) is 0 Å². The predicted octanol–water partition coefficient (Wildman–Crippen LogP) is 0.226. The summed E-state index contributed by atoms with van der Waals surface area (Å²) in [6.45, 7) is -0.369. The van der Waals surface area contributed by atoms with Crippen LogP contribution in [0.5, 0.6) is 0 Å². The van der Waals surface area contributed by atoms with Crippen molar-refractivity contribution in [2.24, 2.45) is 5.73 Å². The highest BCUT2D eigenvalue weighted by Crippen LogP contribution is 2.27. The van der Waals surface area contributed by atoms with E-state index in [2.05, 4.69) is 0 Å². The van der Waals surface area contributed by atoms with E-state index < -0.39 is 40.0 Å². The van der Waals surface area contributed by atoms with Gasteiger partial charge in [-0.15, -0.1) is 0 Å². The van der Waals surface area contributed by atoms with Crippen molar-refractivity contribution in [1.82, 2.24) is 0 Å². The standard InChI is InChI=1S/C9H10F2N2O4/c10-5-2-6(11)7(13(16)17)1-4(5)9(15)8(14)3-12/h1-2,8-9,14-15H,3,12H2. The van der Waals surface area contributed by atoms with E-state index in [1.54, 1.807) is 0 Å². The van der Waals surface area contributed by atoms with E-state index in [-0.39, 0.29) is 12.6 Å². The minimum Gasteiger partial charge on any atom is -0.389 e. The summed E-state index contributed by atoms with van der Waals surface area (Å²) in [5, 5.41) is 29.1. The molecule has 2 atom stereocenters. The van der Waals surface area contributed by atoms with E-state index >= 15 is 0 Å². The summed E-state index contributed by atoms with van der Waals surface area (Å²) in [4.78, 5) is 9.37. The first-order valence-electron chi connectivity index (χ1n) is 4.58. The van der Waals surface area contributed by atoms with Crippen LogP contribution >= 0.6 is 0 Å². The molecule has 6 nitrogen and oxygen atoms in total. The highest BCUT2D eigenvalue weighted by atomic mass is 19.1. The number of aliphatic hydroxyl groups is 2. The number of nitro benzene ring substituents is 1. The smallest absolute Gasteiger partial charge is 0.305 e. The van der Waals surface area contributed by atoms with Crippen LogP contribution in [0, 0.1) is 21.7 Å². The van der Waals surface area contributed by atoms with Gasteiger partial charge in [-0.1, -0.05) is 0 Å². The van der Waals surface area contributed by atoms with Crippen LogP contribution in [0.15, 0.2) is 12.1 Å². The number of aliphatic hydroxyl groups excluding tert-OH is 2. The van der Waals surface area contributed by atoms with Crippen LogP contribution in [0.4, 0.5) is 14.5 Å². The molecule has 0 bridgehead atoms. The highest BCUT2D eigenvalue weighted by molar-refractivity contribution is 5.38. The van der Waals surface area contributed by atoms with Gasteiger partial charge in [0.1, 0.15) is 11.9 Å². The lowest BCUT2D eigenvalue weighted by Crippen LogP contribution is -2.27. The van der Waals surface area contributed by atoms with Gasteiger partial charge in [0.05, 0.1) is 11.0 Å². The fourth-order valence-electron chi connectivity index (χ4n) is 1.26. The Morgan fingerprint density at radius 2 is 1.94 bits per heavy atom. The average molecular weight is 248 g/mol. The first kappa shape index (κ1) is 13.4. The summed E-state index contributed by atoms with van der Waals surface area (Å²) < 4.78 is 26.2. The largest absolute Gasteiger partial charge is 0.389 e. The Kier molecular flexibility index (Phi) is 4.05. The lowest BCUT2D eigenvalue weighted by molar-refractivity contribution is -0.387. The Labute approximate surface area is 94.4 Å². The molecule has 4 N–H and O–H groups in total. The van der Waals surface area contributed by atoms with Gasteiger partial charge in [-0.2, -0.15) is 4.39 Å². The number of hydrogen-bond acceptors (Lipinski definition) is 5. The van der Waals surface area contributed by atoms with Gasteiger partial charge in [-0.05, 0) is 0 Å². The Morgan fingerprint density at radius 3 is 2.41 bits per heavy atom. The molecule has 0 saturated heterocycles. The molecule has 17 heavy (non-hydrogen) atoms. The fourth-order valence-corrected chi connectivity index (χ4v) is 1.26. The highest BCUT2D eigenvalue weighted by Gasteiger charge is 2.25. The molecular formula is C9H10F2N2O4. The van der Waals surface area contributed by atoms with Crippen LogP contribution in [0.25, 0.3) is 0 Å². The second kappa shape index (κ2) is 5.13. The monoisotopic (exact) mass is 248 g/mol. The van der Waals surface area contributed by atoms with Crippen molar-refractivity contribution in [3.05, 3.63) is 39.4 Å². The molecule has 0 radical (unpaired) electrons. The summed E-state index contributed by atoms with van der Waals surface area (Å²) >= 11 is 0. The first-order chi connectivity index (χ1) is 7.88. The third-order valence-electron chi connectivity index (χ3n) is 2.19. The van der Waals surface area contributed by atoms with Gasteiger partial charge in [0.25, 0.3) is 0 Å². The molecule has 94 valence electrons. The second-order valence-corrected chi connectivity index (χ2v) is 3.33. The maximum absolute atomic E-state index is 13.3. The Balaban J connectivity index is 3.24. The van der Waals surface area contributed by atoms with Gasteiger partial charge in [0.2, 0.25) is 5.82 Å². The summed E-state index contributed by atoms with van der Waals surface area (Å²) in [5.41, 5.74) is 3.49. The average Bonchev–Trinajstić information content (AvgIpc) is 2.26. The quantitative estimate of drug-likeness (QED) is 0.521. The van der Waals surface area contributed by atoms with Crippen molar-refractivity contribution in [1.29, 1.82) is 0 Å². The van der Waals surface area contributed by atoms with Gasteiger partial charge < -0.3 is 15.9 Å². The third kappa shape index (κ3) is 2.73. The number of rotatable bonds is 4. The van der Waals surface area contributed by atoms with Crippen LogP contribution in [0.1, 0.15) is 11.7 Å². The molecule has 0 aromatic heterocycles. The van der Waals surface area contributed by atoms with Gasteiger partial charge in [-0.3, -0.25) is 10.1 Å². The van der Waals surface area contributed by atoms with Crippen LogP contribution < -0.4 is 5.73 Å². The lowest BCUT2D eigenvalue weighted by atomic mass is 10.0. The molecule has 0 aliphatic heterocycles. The Bertz CT molecular complexity index is 441. The van der Waals surface area contributed by atoms with E-state index in [4.69, 9.17) is 5.73 Å². The zero-order valence-corrected chi connectivity index (χ0v) is 8.51. The maximum atomic E-state index is 13.3. The number of hydrogen-bond donors (Lipinski definition) is 3. The third-order valence-corrected chi connectivity index (χ3v) is 2.19. The topological polar surface area (TPSA) is 110 Å². The second-order valence-electron chi connectivity index (χ2n) is 3.33. The van der Waals surface area contributed by atoms with Crippen LogP contribution in [0.2, 0.25) is 0 Å². The molecule has 2 unspecified atom stereocenters. The Morgan fingerprint density at radius 1 is 1.35 bits per heavy atom. The van der Waals surface area contributed by atoms with Crippen LogP contribution in [-0.2, 0) is 0 Å². The molecule has 0 saturated carbocycles. The van der Waals surface area contributed by atoms with Crippen molar-refractivity contribution in [2.45, 2.75) is 12.2 Å². The SMILES string of the molecule is NCC(O)C(O)c1cc([N+](=O)[O-])c(F)cc1F. The minimum atomic E-state index is -1.75. The number of halogens is 2. The summed E-state index contributed by atoms with van der Waals surface area (Å²) in [6, 6.07) is 0.814. The predicted molar refractivity (Wildman–Crippen MR) is 53.0 cm³/mol. The molecule has 0 amide bonds. The van der Waals surface area contributed by atoms with Crippen molar-refractivity contribution >= 4 is 5.69 Å². The van der Waals surface area contributed by atoms with E-state index in [0.29, 0.717) is 6.07 Å². The molecule has 1 aromatic carbocycles. The van der Waals surface area contributed by atoms with Crippen molar-refractivity contribution in [3.8, 4) is 0 Å². The van der Waals surface area contributed by atoms with E-state index in [9.17, 15) is 29.1 Å². The van der Waals surface area contributed by atoms with Crippen molar-refractivity contribution in [3.63, 3.8) is 0 Å². The number of nitrogens with zero attached hydrogens (tertiary/aromatic N) is 1. The molecule has 1 rings (SSSR count). The maximum Gasteiger partial charge on any atom is 0.305 e. The number of benzene rings is 1. The zero-order chi connectivity index (χ0) is 13.2. The van der Waals surface area contributed by atoms with Gasteiger partial charge in [-0.25, -0.2) is 4.39 Å². The molecule has 0 fully saturated rings. The van der Waals surface area contributed by atoms with Crippen molar-refractivity contribution < 1.29 is 23.9 Å². The van der Waals surface area contributed by atoms with Crippen LogP contribution in [-0.4, -0.2) is 27.8 Å². The summed E-state index contributed by atoms with van der Waals surface area (Å²) in [7, 11) is 0. The van der Waals surface area contributed by atoms with Crippen LogP contribution in [0.3, 0.4) is 0 Å². The summed E-state index contributed by atoms with van der Waals surface area (Å²) in [6.07, 6.45) is -3.24. The Hall–Kier alpha value is -1.64. The molecule has 0 aliphatic rings. The molecule has 1 aromatic rings. The molecule has 0 heterocycles. The van der Waals surface area contributed by atoms with E-state index in [1.165, 1.54) is 0 Å². The molecule has 0 aliphatic carbocycles. The molecule has 8 heteroatoms. The molecular weight excluding hydrogens is 238 g/mol. The lowest BCUT2D eigenvalue weighted by Gasteiger charge is -2.16. The molecule has 0 spiro atoms. The van der Waals surface area contributed by atoms with Crippen molar-refractivity contribution in [2.75, 3.05) is 6.54 Å². The summed E-state index contributed by atoms with van der Waals surface area (Å²) in [5.74, 6) is -2.54. The van der Waals surface area contributed by atoms with Gasteiger partial charge in [0, 0.05) is 24.2 Å². The number of nitro groups is 1. The normalized spacial score (nSPS) is 14.4. The number of nitrogens with two attached hydrogens (primary N) is 1. The fraction of sp³-hybridized carbons (Fsp3) is 0.333.